The average molecular weight is 358 g/mol. The molecule has 0 saturated carbocycles. The second-order valence-electron chi connectivity index (χ2n) is 5.58. The SMILES string of the molecule is CCCCCc1nnc(NC(=O)Cn2nnc3ccccc3c2=O)s1. The van der Waals surface area contributed by atoms with E-state index in [1.54, 1.807) is 24.3 Å². The molecule has 0 fully saturated rings. The predicted octanol–water partition coefficient (Wildman–Crippen LogP) is 2.01. The summed E-state index contributed by atoms with van der Waals surface area (Å²) in [7, 11) is 0. The van der Waals surface area contributed by atoms with Crippen molar-refractivity contribution < 1.29 is 4.79 Å². The summed E-state index contributed by atoms with van der Waals surface area (Å²) in [6, 6.07) is 6.89. The number of benzene rings is 1. The van der Waals surface area contributed by atoms with Gasteiger partial charge in [0, 0.05) is 6.42 Å². The van der Waals surface area contributed by atoms with Gasteiger partial charge >= 0.3 is 0 Å². The van der Waals surface area contributed by atoms with Gasteiger partial charge in [-0.15, -0.1) is 15.3 Å². The summed E-state index contributed by atoms with van der Waals surface area (Å²) in [6.07, 6.45) is 4.20. The molecule has 0 bridgehead atoms. The summed E-state index contributed by atoms with van der Waals surface area (Å²) < 4.78 is 1.04. The van der Waals surface area contributed by atoms with E-state index in [2.05, 4.69) is 32.7 Å². The van der Waals surface area contributed by atoms with Crippen molar-refractivity contribution in [2.45, 2.75) is 39.2 Å². The summed E-state index contributed by atoms with van der Waals surface area (Å²) in [5, 5.41) is 20.2. The molecule has 2 heterocycles. The number of aromatic nitrogens is 5. The highest BCUT2D eigenvalue weighted by Crippen LogP contribution is 2.17. The quantitative estimate of drug-likeness (QED) is 0.648. The Morgan fingerprint density at radius 1 is 1.20 bits per heavy atom. The van der Waals surface area contributed by atoms with Crippen LogP contribution in [0.1, 0.15) is 31.2 Å². The Bertz CT molecular complexity index is 936. The standard InChI is InChI=1S/C16H18N6O2S/c1-2-3-4-9-14-19-20-16(25-14)17-13(23)10-22-15(24)11-7-5-6-8-12(11)18-21-22/h5-8H,2-4,9-10H2,1H3,(H,17,20,23). The zero-order chi connectivity index (χ0) is 17.6. The molecular weight excluding hydrogens is 340 g/mol. The van der Waals surface area contributed by atoms with E-state index in [4.69, 9.17) is 0 Å². The minimum Gasteiger partial charge on any atom is -0.299 e. The molecule has 1 N–H and O–H groups in total. The van der Waals surface area contributed by atoms with Gasteiger partial charge in [-0.05, 0) is 18.6 Å². The Labute approximate surface area is 147 Å². The maximum atomic E-state index is 12.3. The van der Waals surface area contributed by atoms with Crippen LogP contribution in [-0.4, -0.2) is 31.1 Å². The molecule has 0 aliphatic heterocycles. The fraction of sp³-hybridized carbons (Fsp3) is 0.375. The third-order valence-corrected chi connectivity index (χ3v) is 4.53. The van der Waals surface area contributed by atoms with E-state index in [1.807, 2.05) is 0 Å². The molecule has 3 rings (SSSR count). The number of aryl methyl sites for hydroxylation is 1. The van der Waals surface area contributed by atoms with Crippen LogP contribution in [0.4, 0.5) is 5.13 Å². The van der Waals surface area contributed by atoms with Crippen LogP contribution in [0.5, 0.6) is 0 Å². The van der Waals surface area contributed by atoms with E-state index in [9.17, 15) is 9.59 Å². The highest BCUT2D eigenvalue weighted by atomic mass is 32.1. The fourth-order valence-corrected chi connectivity index (χ4v) is 3.15. The minimum atomic E-state index is -0.386. The predicted molar refractivity (Wildman–Crippen MR) is 95.6 cm³/mol. The van der Waals surface area contributed by atoms with Crippen molar-refractivity contribution in [3.63, 3.8) is 0 Å². The Morgan fingerprint density at radius 2 is 2.04 bits per heavy atom. The van der Waals surface area contributed by atoms with Gasteiger partial charge in [0.15, 0.2) is 0 Å². The van der Waals surface area contributed by atoms with Crippen LogP contribution in [0, 0.1) is 0 Å². The van der Waals surface area contributed by atoms with E-state index in [0.29, 0.717) is 16.0 Å². The summed E-state index contributed by atoms with van der Waals surface area (Å²) in [5.74, 6) is -0.386. The number of nitrogens with zero attached hydrogens (tertiary/aromatic N) is 5. The molecule has 3 aromatic rings. The van der Waals surface area contributed by atoms with E-state index in [-0.39, 0.29) is 18.0 Å². The first-order valence-electron chi connectivity index (χ1n) is 8.12. The topological polar surface area (TPSA) is 103 Å². The summed E-state index contributed by atoms with van der Waals surface area (Å²) in [6.45, 7) is 1.92. The van der Waals surface area contributed by atoms with Crippen LogP contribution in [0.25, 0.3) is 10.9 Å². The van der Waals surface area contributed by atoms with Crippen LogP contribution in [-0.2, 0) is 17.8 Å². The van der Waals surface area contributed by atoms with E-state index in [1.165, 1.54) is 11.3 Å². The van der Waals surface area contributed by atoms with Gasteiger partial charge in [0.2, 0.25) is 11.0 Å². The van der Waals surface area contributed by atoms with Crippen molar-refractivity contribution in [2.24, 2.45) is 0 Å². The van der Waals surface area contributed by atoms with E-state index >= 15 is 0 Å². The number of hydrogen-bond acceptors (Lipinski definition) is 7. The van der Waals surface area contributed by atoms with Crippen LogP contribution in [0.15, 0.2) is 29.1 Å². The van der Waals surface area contributed by atoms with Crippen molar-refractivity contribution in [3.05, 3.63) is 39.6 Å². The van der Waals surface area contributed by atoms with Crippen molar-refractivity contribution in [2.75, 3.05) is 5.32 Å². The first-order valence-corrected chi connectivity index (χ1v) is 8.94. The lowest BCUT2D eigenvalue weighted by atomic mass is 10.2. The third kappa shape index (κ3) is 4.24. The van der Waals surface area contributed by atoms with Crippen LogP contribution in [0.2, 0.25) is 0 Å². The van der Waals surface area contributed by atoms with Gasteiger partial charge in [-0.2, -0.15) is 0 Å². The second-order valence-corrected chi connectivity index (χ2v) is 6.64. The summed E-state index contributed by atoms with van der Waals surface area (Å²) >= 11 is 1.35. The van der Waals surface area contributed by atoms with Crippen LogP contribution in [0.3, 0.4) is 0 Å². The highest BCUT2D eigenvalue weighted by molar-refractivity contribution is 7.15. The molecule has 8 nitrogen and oxygen atoms in total. The molecule has 2 aromatic heterocycles. The number of carbonyl (C=O) groups excluding carboxylic acids is 1. The minimum absolute atomic E-state index is 0.221. The van der Waals surface area contributed by atoms with Gasteiger partial charge < -0.3 is 0 Å². The number of unbranched alkanes of at least 4 members (excludes halogenated alkanes) is 2. The lowest BCUT2D eigenvalue weighted by Gasteiger charge is -2.04. The molecule has 0 aliphatic rings. The maximum Gasteiger partial charge on any atom is 0.278 e. The molecule has 1 amide bonds. The molecule has 0 unspecified atom stereocenters. The number of amides is 1. The van der Waals surface area contributed by atoms with Gasteiger partial charge in [0.25, 0.3) is 5.56 Å². The van der Waals surface area contributed by atoms with E-state index in [0.717, 1.165) is 35.4 Å². The van der Waals surface area contributed by atoms with Gasteiger partial charge in [0.1, 0.15) is 17.1 Å². The molecule has 0 spiro atoms. The Hall–Kier alpha value is -2.68. The lowest BCUT2D eigenvalue weighted by Crippen LogP contribution is -2.30. The van der Waals surface area contributed by atoms with Gasteiger partial charge in [-0.25, -0.2) is 4.68 Å². The van der Waals surface area contributed by atoms with Crippen molar-refractivity contribution >= 4 is 33.3 Å². The molecule has 9 heteroatoms. The first-order chi connectivity index (χ1) is 12.2. The smallest absolute Gasteiger partial charge is 0.278 e. The lowest BCUT2D eigenvalue weighted by molar-refractivity contribution is -0.117. The zero-order valence-electron chi connectivity index (χ0n) is 13.8. The Morgan fingerprint density at radius 3 is 2.88 bits per heavy atom. The molecule has 0 radical (unpaired) electrons. The molecule has 25 heavy (non-hydrogen) atoms. The summed E-state index contributed by atoms with van der Waals surface area (Å²) in [5.41, 5.74) is 0.156. The number of anilines is 1. The molecule has 0 atom stereocenters. The third-order valence-electron chi connectivity index (χ3n) is 3.63. The highest BCUT2D eigenvalue weighted by Gasteiger charge is 2.12. The Balaban J connectivity index is 1.65. The molecule has 0 saturated heterocycles. The monoisotopic (exact) mass is 358 g/mol. The molecule has 0 aliphatic carbocycles. The zero-order valence-corrected chi connectivity index (χ0v) is 14.6. The molecule has 130 valence electrons. The summed E-state index contributed by atoms with van der Waals surface area (Å²) in [4.78, 5) is 24.5. The van der Waals surface area contributed by atoms with Crippen molar-refractivity contribution in [1.82, 2.24) is 25.2 Å². The molecular formula is C16H18N6O2S. The van der Waals surface area contributed by atoms with Gasteiger partial charge in [-0.3, -0.25) is 14.9 Å². The van der Waals surface area contributed by atoms with Crippen molar-refractivity contribution in [1.29, 1.82) is 0 Å². The Kier molecular flexibility index (Phi) is 5.44. The second kappa shape index (κ2) is 7.93. The van der Waals surface area contributed by atoms with Crippen molar-refractivity contribution in [3.8, 4) is 0 Å². The maximum absolute atomic E-state index is 12.3. The molecule has 1 aromatic carbocycles. The van der Waals surface area contributed by atoms with Crippen LogP contribution < -0.4 is 10.9 Å². The fourth-order valence-electron chi connectivity index (χ4n) is 2.35. The number of carbonyl (C=O) groups is 1. The number of nitrogens with one attached hydrogen (secondary N) is 1. The van der Waals surface area contributed by atoms with Gasteiger partial charge in [-0.1, -0.05) is 48.4 Å². The first kappa shape index (κ1) is 17.2. The average Bonchev–Trinajstić information content (AvgIpc) is 3.05. The number of fused-ring (bicyclic) bond motifs is 1. The van der Waals surface area contributed by atoms with Crippen LogP contribution >= 0.6 is 11.3 Å². The van der Waals surface area contributed by atoms with E-state index < -0.39 is 0 Å². The largest absolute Gasteiger partial charge is 0.299 e. The van der Waals surface area contributed by atoms with Gasteiger partial charge in [0.05, 0.1) is 5.39 Å². The normalized spacial score (nSPS) is 10.9. The number of hydrogen-bond donors (Lipinski definition) is 1. The number of rotatable bonds is 7.